The van der Waals surface area contributed by atoms with E-state index in [-0.39, 0.29) is 6.54 Å². The third-order valence-electron chi connectivity index (χ3n) is 3.97. The van der Waals surface area contributed by atoms with Crippen LogP contribution in [0, 0.1) is 0 Å². The summed E-state index contributed by atoms with van der Waals surface area (Å²) in [5.74, 6) is 0. The van der Waals surface area contributed by atoms with E-state index in [0.29, 0.717) is 30.0 Å². The van der Waals surface area contributed by atoms with E-state index >= 15 is 0 Å². The fourth-order valence-corrected chi connectivity index (χ4v) is 4.60. The molecule has 3 rings (SSSR count). The second kappa shape index (κ2) is 6.80. The van der Waals surface area contributed by atoms with Crippen molar-refractivity contribution in [3.63, 3.8) is 0 Å². The standard InChI is InChI=1S/C17H21N3O3S/c1-18-13-15(21)11-12-19-16-9-5-6-10-17(16)20(24(19,22)23)14-7-3-2-4-8-14/h2-10,15,18,21H,11-13H2,1H3/t15-/m0/s1/i1-1. The lowest BCUT2D eigenvalue weighted by Crippen LogP contribution is -2.38. The first-order chi connectivity index (χ1) is 11.6. The number of hydrogen-bond donors (Lipinski definition) is 2. The lowest BCUT2D eigenvalue weighted by molar-refractivity contribution is 0.167. The van der Waals surface area contributed by atoms with Gasteiger partial charge in [-0.05, 0) is 37.7 Å². The molecule has 128 valence electrons. The lowest BCUT2D eigenvalue weighted by Gasteiger charge is -2.22. The number of likely N-dealkylation sites (N-methyl/N-ethyl adjacent to an activating group) is 1. The molecule has 0 aliphatic carbocycles. The average molecular weight is 346 g/mol. The molecule has 0 saturated heterocycles. The summed E-state index contributed by atoms with van der Waals surface area (Å²) in [5.41, 5.74) is 1.87. The largest absolute Gasteiger partial charge is 0.392 e. The molecule has 0 saturated carbocycles. The van der Waals surface area contributed by atoms with Crippen LogP contribution in [0.1, 0.15) is 6.42 Å². The third-order valence-corrected chi connectivity index (χ3v) is 5.78. The quantitative estimate of drug-likeness (QED) is 0.837. The van der Waals surface area contributed by atoms with Crippen LogP contribution in [0.4, 0.5) is 17.1 Å². The third kappa shape index (κ3) is 2.98. The highest BCUT2D eigenvalue weighted by atomic mass is 32.2. The van der Waals surface area contributed by atoms with Gasteiger partial charge < -0.3 is 10.4 Å². The van der Waals surface area contributed by atoms with Crippen LogP contribution in [0.2, 0.25) is 0 Å². The minimum Gasteiger partial charge on any atom is -0.392 e. The number of nitrogens with zero attached hydrogens (tertiary/aromatic N) is 2. The monoisotopic (exact) mass is 346 g/mol. The molecule has 0 bridgehead atoms. The predicted molar refractivity (Wildman–Crippen MR) is 95.8 cm³/mol. The first-order valence-corrected chi connectivity index (χ1v) is 9.25. The van der Waals surface area contributed by atoms with Crippen molar-refractivity contribution in [1.82, 2.24) is 5.32 Å². The van der Waals surface area contributed by atoms with Crippen LogP contribution in [-0.4, -0.2) is 39.8 Å². The predicted octanol–water partition coefficient (Wildman–Crippen LogP) is 1.86. The van der Waals surface area contributed by atoms with Crippen molar-refractivity contribution in [2.45, 2.75) is 12.5 Å². The lowest BCUT2D eigenvalue weighted by atomic mass is 10.2. The molecule has 0 spiro atoms. The average Bonchev–Trinajstić information content (AvgIpc) is 2.80. The molecule has 0 radical (unpaired) electrons. The van der Waals surface area contributed by atoms with Crippen LogP contribution >= 0.6 is 0 Å². The van der Waals surface area contributed by atoms with Gasteiger partial charge in [-0.3, -0.25) is 4.31 Å². The molecule has 0 amide bonds. The van der Waals surface area contributed by atoms with Gasteiger partial charge in [0.25, 0.3) is 0 Å². The molecule has 1 heterocycles. The highest BCUT2D eigenvalue weighted by Crippen LogP contribution is 2.44. The smallest absolute Gasteiger partial charge is 0.330 e. The summed E-state index contributed by atoms with van der Waals surface area (Å²) in [4.78, 5) is 0. The van der Waals surface area contributed by atoms with Crippen LogP contribution in [0.15, 0.2) is 54.6 Å². The zero-order chi connectivity index (χ0) is 17.2. The molecule has 0 fully saturated rings. The Bertz CT molecular complexity index is 796. The number of aliphatic hydroxyl groups is 1. The Balaban J connectivity index is 1.97. The van der Waals surface area contributed by atoms with E-state index in [1.165, 1.54) is 8.61 Å². The SMILES string of the molecule is [11CH3]NC[C@@H](O)CCN1c2ccccc2N(c2ccccc2)S1(=O)=O. The van der Waals surface area contributed by atoms with Crippen molar-refractivity contribution in [2.24, 2.45) is 0 Å². The van der Waals surface area contributed by atoms with E-state index in [1.807, 2.05) is 30.3 Å². The van der Waals surface area contributed by atoms with Gasteiger partial charge in [0.05, 0.1) is 23.2 Å². The number of hydrogen-bond acceptors (Lipinski definition) is 4. The number of benzene rings is 2. The molecule has 1 atom stereocenters. The molecule has 6 nitrogen and oxygen atoms in total. The summed E-state index contributed by atoms with van der Waals surface area (Å²) < 4.78 is 28.9. The zero-order valence-electron chi connectivity index (χ0n) is 13.5. The second-order valence-corrected chi connectivity index (χ2v) is 7.37. The Morgan fingerprint density at radius 3 is 2.33 bits per heavy atom. The number of para-hydroxylation sites is 3. The molecule has 2 aromatic rings. The Kier molecular flexibility index (Phi) is 4.75. The Morgan fingerprint density at radius 1 is 1.04 bits per heavy atom. The Hall–Kier alpha value is -2.09. The molecule has 0 unspecified atom stereocenters. The van der Waals surface area contributed by atoms with Gasteiger partial charge in [0, 0.05) is 13.1 Å². The van der Waals surface area contributed by atoms with Crippen molar-refractivity contribution >= 4 is 27.3 Å². The van der Waals surface area contributed by atoms with E-state index in [1.54, 1.807) is 31.3 Å². The van der Waals surface area contributed by atoms with Crippen molar-refractivity contribution < 1.29 is 13.5 Å². The number of anilines is 3. The van der Waals surface area contributed by atoms with E-state index in [4.69, 9.17) is 0 Å². The maximum absolute atomic E-state index is 13.1. The number of fused-ring (bicyclic) bond motifs is 1. The highest BCUT2D eigenvalue weighted by Gasteiger charge is 2.40. The van der Waals surface area contributed by atoms with Crippen molar-refractivity contribution in [2.75, 3.05) is 28.7 Å². The van der Waals surface area contributed by atoms with Crippen molar-refractivity contribution in [1.29, 1.82) is 0 Å². The van der Waals surface area contributed by atoms with Gasteiger partial charge in [0.2, 0.25) is 0 Å². The summed E-state index contributed by atoms with van der Waals surface area (Å²) in [5, 5.41) is 12.8. The molecular formula is C17H21N3O3S. The fraction of sp³-hybridized carbons (Fsp3) is 0.294. The zero-order valence-corrected chi connectivity index (χ0v) is 14.3. The topological polar surface area (TPSA) is 72.9 Å². The summed E-state index contributed by atoms with van der Waals surface area (Å²) in [6, 6.07) is 16.2. The summed E-state index contributed by atoms with van der Waals surface area (Å²) in [6.45, 7) is 0.656. The first kappa shape index (κ1) is 16.8. The van der Waals surface area contributed by atoms with Crippen molar-refractivity contribution in [3.8, 4) is 0 Å². The molecule has 0 aromatic heterocycles. The minimum absolute atomic E-state index is 0.228. The van der Waals surface area contributed by atoms with E-state index in [9.17, 15) is 13.5 Å². The molecule has 2 aromatic carbocycles. The maximum Gasteiger partial charge on any atom is 0.330 e. The van der Waals surface area contributed by atoms with Crippen LogP contribution in [0.3, 0.4) is 0 Å². The van der Waals surface area contributed by atoms with Gasteiger partial charge in [-0.25, -0.2) is 4.31 Å². The van der Waals surface area contributed by atoms with Gasteiger partial charge in [-0.1, -0.05) is 30.3 Å². The molecule has 2 N–H and O–H groups in total. The molecule has 24 heavy (non-hydrogen) atoms. The molecule has 7 heteroatoms. The number of aliphatic hydroxyl groups excluding tert-OH is 1. The normalized spacial score (nSPS) is 16.9. The van der Waals surface area contributed by atoms with Crippen molar-refractivity contribution in [3.05, 3.63) is 54.6 Å². The maximum atomic E-state index is 13.1. The van der Waals surface area contributed by atoms with Crippen LogP contribution < -0.4 is 13.9 Å². The molecule has 1 aliphatic heterocycles. The Labute approximate surface area is 142 Å². The number of rotatable bonds is 6. The van der Waals surface area contributed by atoms with Gasteiger partial charge >= 0.3 is 10.2 Å². The molecule has 1 aliphatic rings. The minimum atomic E-state index is -3.72. The summed E-state index contributed by atoms with van der Waals surface area (Å²) in [6.07, 6.45) is -0.236. The van der Waals surface area contributed by atoms with Crippen LogP contribution in [0.5, 0.6) is 0 Å². The van der Waals surface area contributed by atoms with E-state index in [2.05, 4.69) is 5.32 Å². The first-order valence-electron chi connectivity index (χ1n) is 7.85. The van der Waals surface area contributed by atoms with Crippen LogP contribution in [0.25, 0.3) is 0 Å². The summed E-state index contributed by atoms with van der Waals surface area (Å²) in [7, 11) is -1.96. The van der Waals surface area contributed by atoms with E-state index < -0.39 is 16.3 Å². The van der Waals surface area contributed by atoms with Gasteiger partial charge in [-0.15, -0.1) is 0 Å². The van der Waals surface area contributed by atoms with Gasteiger partial charge in [0.15, 0.2) is 0 Å². The molecular weight excluding hydrogens is 325 g/mol. The Morgan fingerprint density at radius 2 is 1.67 bits per heavy atom. The van der Waals surface area contributed by atoms with Gasteiger partial charge in [0.1, 0.15) is 0 Å². The summed E-state index contributed by atoms with van der Waals surface area (Å²) >= 11 is 0. The number of nitrogens with one attached hydrogen (secondary N) is 1. The van der Waals surface area contributed by atoms with Crippen LogP contribution in [-0.2, 0) is 10.2 Å². The fourth-order valence-electron chi connectivity index (χ4n) is 2.87. The second-order valence-electron chi connectivity index (χ2n) is 5.67. The van der Waals surface area contributed by atoms with Gasteiger partial charge in [-0.2, -0.15) is 8.42 Å². The van der Waals surface area contributed by atoms with E-state index in [0.717, 1.165) is 0 Å². The highest BCUT2D eigenvalue weighted by molar-refractivity contribution is 7.95.